The minimum Gasteiger partial charge on any atom is -0.356 e. The Morgan fingerprint density at radius 1 is 1.71 bits per heavy atom. The van der Waals surface area contributed by atoms with Crippen LogP contribution in [0.4, 0.5) is 0 Å². The van der Waals surface area contributed by atoms with E-state index in [-0.39, 0.29) is 5.97 Å². The van der Waals surface area contributed by atoms with Gasteiger partial charge in [0, 0.05) is 12.6 Å². The van der Waals surface area contributed by atoms with Crippen LogP contribution in [0.3, 0.4) is 0 Å². The third-order valence-electron chi connectivity index (χ3n) is 2.84. The summed E-state index contributed by atoms with van der Waals surface area (Å²) in [6.07, 6.45) is 3.01. The third kappa shape index (κ3) is 3.61. The average molecular weight is 201 g/mol. The zero-order valence-corrected chi connectivity index (χ0v) is 8.82. The van der Waals surface area contributed by atoms with Gasteiger partial charge in [0.05, 0.1) is 6.42 Å². The summed E-state index contributed by atoms with van der Waals surface area (Å²) in [6, 6.07) is 0.564. The van der Waals surface area contributed by atoms with Gasteiger partial charge in [0.15, 0.2) is 0 Å². The molecule has 82 valence electrons. The Morgan fingerprint density at radius 3 is 2.86 bits per heavy atom. The number of carbonyl (C=O) groups is 1. The van der Waals surface area contributed by atoms with Gasteiger partial charge in [-0.2, -0.15) is 0 Å². The molecule has 1 atom stereocenters. The Balaban J connectivity index is 2.13. The van der Waals surface area contributed by atoms with Crippen molar-refractivity contribution in [3.63, 3.8) is 0 Å². The zero-order valence-electron chi connectivity index (χ0n) is 8.82. The van der Waals surface area contributed by atoms with Crippen LogP contribution in [-0.2, 0) is 9.63 Å². The molecule has 0 saturated heterocycles. The van der Waals surface area contributed by atoms with Crippen LogP contribution in [-0.4, -0.2) is 30.5 Å². The van der Waals surface area contributed by atoms with Gasteiger partial charge in [-0.3, -0.25) is 4.79 Å². The molecule has 1 fully saturated rings. The molecule has 5 heteroatoms. The minimum absolute atomic E-state index is 0.317. The fourth-order valence-corrected chi connectivity index (χ4v) is 1.53. The van der Waals surface area contributed by atoms with Crippen LogP contribution in [0.5, 0.6) is 0 Å². The number of hydrogen-bond donors (Lipinski definition) is 2. The molecule has 0 heterocycles. The summed E-state index contributed by atoms with van der Waals surface area (Å²) in [7, 11) is 2.03. The van der Waals surface area contributed by atoms with Crippen LogP contribution in [0.15, 0.2) is 0 Å². The number of nitrogens with one attached hydrogen (secondary N) is 1. The van der Waals surface area contributed by atoms with Gasteiger partial charge in [0.2, 0.25) is 0 Å². The lowest BCUT2D eigenvalue weighted by Gasteiger charge is -2.23. The third-order valence-corrected chi connectivity index (χ3v) is 2.84. The first-order valence-electron chi connectivity index (χ1n) is 5.00. The van der Waals surface area contributed by atoms with Crippen LogP contribution >= 0.6 is 0 Å². The van der Waals surface area contributed by atoms with E-state index in [9.17, 15) is 4.79 Å². The van der Waals surface area contributed by atoms with Gasteiger partial charge in [-0.05, 0) is 32.7 Å². The molecule has 1 aliphatic rings. The number of carbonyl (C=O) groups excluding carboxylic acids is 1. The van der Waals surface area contributed by atoms with Crippen molar-refractivity contribution in [2.24, 2.45) is 11.8 Å². The summed E-state index contributed by atoms with van der Waals surface area (Å²) in [6.45, 7) is 2.92. The molecule has 0 amide bonds. The fraction of sp³-hybridized carbons (Fsp3) is 0.889. The summed E-state index contributed by atoms with van der Waals surface area (Å²) in [4.78, 5) is 17.6. The smallest absolute Gasteiger partial charge is 0.327 e. The number of hydrogen-bond acceptors (Lipinski definition) is 5. The molecule has 14 heavy (non-hydrogen) atoms. The molecule has 0 bridgehead atoms. The van der Waals surface area contributed by atoms with Crippen LogP contribution in [0, 0.1) is 5.92 Å². The maximum absolute atomic E-state index is 11.0. The standard InChI is InChI=1S/C9H19N3O2/c1-7(8-3-4-8)12(2)6-5-9(13)14-11-10/h7-8,11H,3-6,10H2,1-2H3. The molecular formula is C9H19N3O2. The van der Waals surface area contributed by atoms with Crippen molar-refractivity contribution in [2.75, 3.05) is 13.6 Å². The highest BCUT2D eigenvalue weighted by atomic mass is 16.7. The van der Waals surface area contributed by atoms with E-state index in [0.717, 1.165) is 12.5 Å². The first-order valence-corrected chi connectivity index (χ1v) is 5.00. The van der Waals surface area contributed by atoms with Crippen molar-refractivity contribution in [3.05, 3.63) is 0 Å². The molecule has 1 rings (SSSR count). The highest BCUT2D eigenvalue weighted by Gasteiger charge is 2.30. The first-order chi connectivity index (χ1) is 6.65. The summed E-state index contributed by atoms with van der Waals surface area (Å²) in [5.74, 6) is 5.35. The topological polar surface area (TPSA) is 67.6 Å². The highest BCUT2D eigenvalue weighted by molar-refractivity contribution is 5.69. The normalized spacial score (nSPS) is 18.3. The van der Waals surface area contributed by atoms with Crippen molar-refractivity contribution >= 4 is 5.97 Å². The molecule has 0 aromatic carbocycles. The lowest BCUT2D eigenvalue weighted by atomic mass is 10.2. The number of rotatable bonds is 6. The second-order valence-corrected chi connectivity index (χ2v) is 3.90. The molecule has 3 N–H and O–H groups in total. The second kappa shape index (κ2) is 5.29. The maximum Gasteiger partial charge on any atom is 0.327 e. The lowest BCUT2D eigenvalue weighted by Crippen LogP contribution is -2.34. The molecule has 0 aliphatic heterocycles. The number of nitrogens with zero attached hydrogens (tertiary/aromatic N) is 1. The molecule has 1 aliphatic carbocycles. The zero-order chi connectivity index (χ0) is 10.6. The van der Waals surface area contributed by atoms with Crippen LogP contribution in [0.25, 0.3) is 0 Å². The van der Waals surface area contributed by atoms with Crippen molar-refractivity contribution in [2.45, 2.75) is 32.2 Å². The van der Waals surface area contributed by atoms with Crippen molar-refractivity contribution in [1.29, 1.82) is 0 Å². The highest BCUT2D eigenvalue weighted by Crippen LogP contribution is 2.34. The van der Waals surface area contributed by atoms with E-state index in [1.807, 2.05) is 12.6 Å². The SMILES string of the molecule is CC(C1CC1)N(C)CCC(=O)ONN. The summed E-state index contributed by atoms with van der Waals surface area (Å²) < 4.78 is 0. The fourth-order valence-electron chi connectivity index (χ4n) is 1.53. The predicted molar refractivity (Wildman–Crippen MR) is 52.8 cm³/mol. The monoisotopic (exact) mass is 201 g/mol. The predicted octanol–water partition coefficient (Wildman–Crippen LogP) is 0.0283. The van der Waals surface area contributed by atoms with E-state index in [1.165, 1.54) is 12.8 Å². The summed E-state index contributed by atoms with van der Waals surface area (Å²) >= 11 is 0. The van der Waals surface area contributed by atoms with Crippen LogP contribution in [0.2, 0.25) is 0 Å². The molecule has 0 spiro atoms. The summed E-state index contributed by atoms with van der Waals surface area (Å²) in [5, 5.41) is 0. The van der Waals surface area contributed by atoms with Crippen molar-refractivity contribution < 1.29 is 9.63 Å². The minimum atomic E-state index is -0.317. The van der Waals surface area contributed by atoms with E-state index >= 15 is 0 Å². The number of hydrazine groups is 1. The Hall–Kier alpha value is -0.650. The van der Waals surface area contributed by atoms with Crippen molar-refractivity contribution in [1.82, 2.24) is 10.5 Å². The molecule has 1 unspecified atom stereocenters. The van der Waals surface area contributed by atoms with E-state index in [2.05, 4.69) is 16.7 Å². The van der Waals surface area contributed by atoms with Gasteiger partial charge in [0.25, 0.3) is 0 Å². The second-order valence-electron chi connectivity index (χ2n) is 3.90. The lowest BCUT2D eigenvalue weighted by molar-refractivity contribution is -0.151. The van der Waals surface area contributed by atoms with Gasteiger partial charge in [-0.1, -0.05) is 5.59 Å². The summed E-state index contributed by atoms with van der Waals surface area (Å²) in [5.41, 5.74) is 1.89. The largest absolute Gasteiger partial charge is 0.356 e. The molecule has 0 aromatic rings. The molecule has 0 radical (unpaired) electrons. The Labute approximate surface area is 84.5 Å². The maximum atomic E-state index is 11.0. The Kier molecular flexibility index (Phi) is 4.31. The van der Waals surface area contributed by atoms with Gasteiger partial charge >= 0.3 is 5.97 Å². The van der Waals surface area contributed by atoms with E-state index in [0.29, 0.717) is 12.5 Å². The number of nitrogens with two attached hydrogens (primary N) is 1. The first kappa shape index (κ1) is 11.4. The molecule has 0 aromatic heterocycles. The molecule has 5 nitrogen and oxygen atoms in total. The van der Waals surface area contributed by atoms with Gasteiger partial charge < -0.3 is 9.74 Å². The van der Waals surface area contributed by atoms with Gasteiger partial charge in [-0.25, -0.2) is 5.84 Å². The molecule has 1 saturated carbocycles. The van der Waals surface area contributed by atoms with E-state index in [1.54, 1.807) is 0 Å². The van der Waals surface area contributed by atoms with E-state index < -0.39 is 0 Å². The van der Waals surface area contributed by atoms with E-state index in [4.69, 9.17) is 5.84 Å². The van der Waals surface area contributed by atoms with Gasteiger partial charge in [-0.15, -0.1) is 0 Å². The van der Waals surface area contributed by atoms with Crippen molar-refractivity contribution in [3.8, 4) is 0 Å². The molecular weight excluding hydrogens is 182 g/mol. The van der Waals surface area contributed by atoms with Crippen LogP contribution < -0.4 is 11.4 Å². The quantitative estimate of drug-likeness (QED) is 0.469. The Bertz CT molecular complexity index is 194. The van der Waals surface area contributed by atoms with Gasteiger partial charge in [0.1, 0.15) is 0 Å². The van der Waals surface area contributed by atoms with Crippen LogP contribution in [0.1, 0.15) is 26.2 Å². The Morgan fingerprint density at radius 2 is 2.36 bits per heavy atom. The average Bonchev–Trinajstić information content (AvgIpc) is 2.96.